The molecule has 7 heteroatoms. The summed E-state index contributed by atoms with van der Waals surface area (Å²) in [4.78, 5) is 27.2. The maximum Gasteiger partial charge on any atom is 0.251 e. The molecule has 2 aromatic rings. The van der Waals surface area contributed by atoms with E-state index in [1.165, 1.54) is 0 Å². The molecule has 0 unspecified atom stereocenters. The van der Waals surface area contributed by atoms with Gasteiger partial charge in [-0.3, -0.25) is 9.59 Å². The Hall–Kier alpha value is -2.54. The van der Waals surface area contributed by atoms with E-state index in [4.69, 9.17) is 4.74 Å². The second-order valence-corrected chi connectivity index (χ2v) is 7.98. The molecular weight excluding hydrogens is 422 g/mol. The molecule has 2 N–H and O–H groups in total. The van der Waals surface area contributed by atoms with E-state index in [-0.39, 0.29) is 17.9 Å². The van der Waals surface area contributed by atoms with Gasteiger partial charge in [-0.2, -0.15) is 0 Å². The minimum absolute atomic E-state index is 0.0173. The molecule has 0 aromatic heterocycles. The number of anilines is 2. The molecule has 4 rings (SSSR count). The average molecular weight is 444 g/mol. The number of ether oxygens (including phenoxy) is 1. The molecule has 1 atom stereocenters. The lowest BCUT2D eigenvalue weighted by Crippen LogP contribution is -2.50. The van der Waals surface area contributed by atoms with Gasteiger partial charge >= 0.3 is 0 Å². The largest absolute Gasteiger partial charge is 0.496 e. The van der Waals surface area contributed by atoms with Crippen molar-refractivity contribution < 1.29 is 14.3 Å². The Balaban J connectivity index is 1.51. The zero-order chi connectivity index (χ0) is 19.7. The number of nitrogens with one attached hydrogen (secondary N) is 2. The fourth-order valence-corrected chi connectivity index (χ4v) is 4.31. The van der Waals surface area contributed by atoms with Gasteiger partial charge in [-0.25, -0.2) is 0 Å². The minimum Gasteiger partial charge on any atom is -0.496 e. The molecule has 0 radical (unpaired) electrons. The number of carbonyl (C=O) groups is 2. The highest BCUT2D eigenvalue weighted by Gasteiger charge is 2.34. The van der Waals surface area contributed by atoms with Gasteiger partial charge in [0, 0.05) is 28.7 Å². The number of rotatable bonds is 4. The Morgan fingerprint density at radius 1 is 1.29 bits per heavy atom. The predicted octanol–water partition coefficient (Wildman–Crippen LogP) is 3.70. The smallest absolute Gasteiger partial charge is 0.251 e. The van der Waals surface area contributed by atoms with E-state index >= 15 is 0 Å². The van der Waals surface area contributed by atoms with E-state index in [0.29, 0.717) is 17.8 Å². The number of halogens is 1. The molecule has 2 aliphatic heterocycles. The average Bonchev–Trinajstić information content (AvgIpc) is 2.72. The third-order valence-corrected chi connectivity index (χ3v) is 5.81. The van der Waals surface area contributed by atoms with E-state index in [2.05, 4.69) is 31.5 Å². The van der Waals surface area contributed by atoms with Crippen LogP contribution in [0.5, 0.6) is 5.75 Å². The van der Waals surface area contributed by atoms with E-state index in [0.717, 1.165) is 47.3 Å². The number of hydrogen-bond acceptors (Lipinski definition) is 4. The first-order valence-corrected chi connectivity index (χ1v) is 10.2. The summed E-state index contributed by atoms with van der Waals surface area (Å²) in [6, 6.07) is 11.1. The van der Waals surface area contributed by atoms with Crippen LogP contribution in [-0.2, 0) is 11.3 Å². The summed E-state index contributed by atoms with van der Waals surface area (Å²) in [6.45, 7) is 1.22. The Bertz CT molecular complexity index is 931. The van der Waals surface area contributed by atoms with E-state index in [1.54, 1.807) is 13.2 Å². The first-order valence-electron chi connectivity index (χ1n) is 9.39. The summed E-state index contributed by atoms with van der Waals surface area (Å²) in [6.07, 6.45) is 3.03. The highest BCUT2D eigenvalue weighted by molar-refractivity contribution is 9.10. The number of hydrogen-bond donors (Lipinski definition) is 2. The SMILES string of the molecule is COc1ccc(Br)cc1CNC(=O)c1ccc2c(c1)NC(=O)[C@H]1CCCCN21. The highest BCUT2D eigenvalue weighted by atomic mass is 79.9. The zero-order valence-corrected chi connectivity index (χ0v) is 17.2. The van der Waals surface area contributed by atoms with E-state index < -0.39 is 0 Å². The standard InChI is InChI=1S/C21H22BrN3O3/c1-28-19-8-6-15(22)10-14(19)12-23-20(26)13-5-7-17-16(11-13)24-21(27)18-4-2-3-9-25(17)18/h5-8,10-11,18H,2-4,9,12H2,1H3,(H,23,26)(H,24,27)/t18-/m1/s1. The van der Waals surface area contributed by atoms with Crippen LogP contribution in [0.1, 0.15) is 35.2 Å². The normalized spacial score (nSPS) is 18.0. The number of methoxy groups -OCH3 is 1. The molecule has 2 aromatic carbocycles. The Kier molecular flexibility index (Phi) is 5.26. The number of piperidine rings is 1. The van der Waals surface area contributed by atoms with Gasteiger partial charge in [0.1, 0.15) is 11.8 Å². The summed E-state index contributed by atoms with van der Waals surface area (Å²) in [7, 11) is 1.61. The van der Waals surface area contributed by atoms with Crippen LogP contribution in [-0.4, -0.2) is 31.5 Å². The van der Waals surface area contributed by atoms with Crippen molar-refractivity contribution in [3.63, 3.8) is 0 Å². The number of amides is 2. The molecule has 2 aliphatic rings. The Labute approximate surface area is 172 Å². The summed E-state index contributed by atoms with van der Waals surface area (Å²) < 4.78 is 6.27. The quantitative estimate of drug-likeness (QED) is 0.755. The summed E-state index contributed by atoms with van der Waals surface area (Å²) in [5.74, 6) is 0.542. The fraction of sp³-hybridized carbons (Fsp3) is 0.333. The van der Waals surface area contributed by atoms with Gasteiger partial charge in [-0.15, -0.1) is 0 Å². The van der Waals surface area contributed by atoms with Crippen molar-refractivity contribution in [1.82, 2.24) is 5.32 Å². The number of benzene rings is 2. The van der Waals surface area contributed by atoms with Crippen molar-refractivity contribution in [2.75, 3.05) is 23.9 Å². The van der Waals surface area contributed by atoms with Crippen LogP contribution >= 0.6 is 15.9 Å². The van der Waals surface area contributed by atoms with Crippen molar-refractivity contribution in [2.24, 2.45) is 0 Å². The lowest BCUT2D eigenvalue weighted by Gasteiger charge is -2.41. The van der Waals surface area contributed by atoms with Gasteiger partial charge in [0.25, 0.3) is 5.91 Å². The fourth-order valence-electron chi connectivity index (χ4n) is 3.90. The monoisotopic (exact) mass is 443 g/mol. The van der Waals surface area contributed by atoms with Crippen LogP contribution < -0.4 is 20.3 Å². The molecule has 1 fully saturated rings. The topological polar surface area (TPSA) is 70.7 Å². The van der Waals surface area contributed by atoms with E-state index in [9.17, 15) is 9.59 Å². The van der Waals surface area contributed by atoms with Crippen molar-refractivity contribution in [1.29, 1.82) is 0 Å². The molecule has 0 spiro atoms. The minimum atomic E-state index is -0.195. The van der Waals surface area contributed by atoms with Crippen molar-refractivity contribution in [3.05, 3.63) is 52.0 Å². The second-order valence-electron chi connectivity index (χ2n) is 7.06. The van der Waals surface area contributed by atoms with Crippen LogP contribution in [0, 0.1) is 0 Å². The summed E-state index contributed by atoms with van der Waals surface area (Å²) in [5, 5.41) is 5.89. The van der Waals surface area contributed by atoms with Gasteiger partial charge in [-0.1, -0.05) is 15.9 Å². The predicted molar refractivity (Wildman–Crippen MR) is 112 cm³/mol. The molecule has 146 valence electrons. The summed E-state index contributed by atoms with van der Waals surface area (Å²) >= 11 is 3.44. The molecular formula is C21H22BrN3O3. The van der Waals surface area contributed by atoms with Gasteiger partial charge in [0.2, 0.25) is 5.91 Å². The van der Waals surface area contributed by atoms with E-state index in [1.807, 2.05) is 30.3 Å². The zero-order valence-electron chi connectivity index (χ0n) is 15.6. The van der Waals surface area contributed by atoms with Gasteiger partial charge in [0.05, 0.1) is 18.5 Å². The summed E-state index contributed by atoms with van der Waals surface area (Å²) in [5.41, 5.74) is 3.10. The molecule has 6 nitrogen and oxygen atoms in total. The van der Waals surface area contributed by atoms with Gasteiger partial charge < -0.3 is 20.3 Å². The third-order valence-electron chi connectivity index (χ3n) is 5.31. The molecule has 2 heterocycles. The second kappa shape index (κ2) is 7.83. The van der Waals surface area contributed by atoms with Crippen molar-refractivity contribution in [2.45, 2.75) is 31.8 Å². The first-order chi connectivity index (χ1) is 13.6. The van der Waals surface area contributed by atoms with Crippen LogP contribution in [0.4, 0.5) is 11.4 Å². The van der Waals surface area contributed by atoms with Crippen molar-refractivity contribution in [3.8, 4) is 5.75 Å². The number of carbonyl (C=O) groups excluding carboxylic acids is 2. The Morgan fingerprint density at radius 3 is 2.96 bits per heavy atom. The van der Waals surface area contributed by atoms with Crippen LogP contribution in [0.2, 0.25) is 0 Å². The van der Waals surface area contributed by atoms with Crippen LogP contribution in [0.3, 0.4) is 0 Å². The van der Waals surface area contributed by atoms with Gasteiger partial charge in [0.15, 0.2) is 0 Å². The number of fused-ring (bicyclic) bond motifs is 3. The van der Waals surface area contributed by atoms with Gasteiger partial charge in [-0.05, 0) is 55.7 Å². The molecule has 0 bridgehead atoms. The van der Waals surface area contributed by atoms with Crippen LogP contribution in [0.25, 0.3) is 0 Å². The molecule has 28 heavy (non-hydrogen) atoms. The highest BCUT2D eigenvalue weighted by Crippen LogP contribution is 2.36. The maximum atomic E-state index is 12.7. The molecule has 0 aliphatic carbocycles. The molecule has 1 saturated heterocycles. The van der Waals surface area contributed by atoms with Crippen molar-refractivity contribution >= 4 is 39.1 Å². The third kappa shape index (κ3) is 3.58. The molecule has 0 saturated carbocycles. The lowest BCUT2D eigenvalue weighted by atomic mass is 9.97. The first kappa shape index (κ1) is 18.8. The number of nitrogens with zero attached hydrogens (tertiary/aromatic N) is 1. The lowest BCUT2D eigenvalue weighted by molar-refractivity contribution is -0.118. The Morgan fingerprint density at radius 2 is 2.14 bits per heavy atom. The molecule has 2 amide bonds. The maximum absolute atomic E-state index is 12.7. The van der Waals surface area contributed by atoms with Crippen LogP contribution in [0.15, 0.2) is 40.9 Å².